The van der Waals surface area contributed by atoms with Gasteiger partial charge in [-0.2, -0.15) is 0 Å². The van der Waals surface area contributed by atoms with Crippen molar-refractivity contribution in [3.05, 3.63) is 58.1 Å². The van der Waals surface area contributed by atoms with Crippen molar-refractivity contribution in [1.82, 2.24) is 0 Å². The summed E-state index contributed by atoms with van der Waals surface area (Å²) in [4.78, 5) is 36.3. The first-order valence-electron chi connectivity index (χ1n) is 8.75. The highest BCUT2D eigenvalue weighted by Crippen LogP contribution is 2.41. The van der Waals surface area contributed by atoms with Gasteiger partial charge in [0.15, 0.2) is 5.78 Å². The van der Waals surface area contributed by atoms with E-state index in [1.54, 1.807) is 30.3 Å². The number of carbonyl (C=O) groups is 3. The molecule has 1 fully saturated rings. The number of benzene rings is 2. The molecule has 1 aliphatic carbocycles. The zero-order chi connectivity index (χ0) is 19.7. The number of hydrogen-bond donors (Lipinski definition) is 2. The van der Waals surface area contributed by atoms with E-state index < -0.39 is 0 Å². The molecular formula is C21H21ClN2O3. The highest BCUT2D eigenvalue weighted by molar-refractivity contribution is 6.34. The normalized spacial score (nSPS) is 17.9. The smallest absolute Gasteiger partial charge is 0.228 e. The molecule has 2 atom stereocenters. The zero-order valence-electron chi connectivity index (χ0n) is 15.4. The Bertz CT molecular complexity index is 916. The van der Waals surface area contributed by atoms with Gasteiger partial charge < -0.3 is 10.6 Å². The summed E-state index contributed by atoms with van der Waals surface area (Å²) in [6, 6.07) is 10.5. The number of Topliss-reactive ketones (excluding diaryl/α,β-unsaturated/α-hetero) is 1. The van der Waals surface area contributed by atoms with E-state index in [0.29, 0.717) is 28.4 Å². The van der Waals surface area contributed by atoms with Crippen LogP contribution in [0.5, 0.6) is 0 Å². The molecule has 0 bridgehead atoms. The number of aryl methyl sites for hydroxylation is 2. The van der Waals surface area contributed by atoms with Crippen LogP contribution in [0.15, 0.2) is 36.4 Å². The van der Waals surface area contributed by atoms with Gasteiger partial charge in [-0.15, -0.1) is 0 Å². The maximum Gasteiger partial charge on any atom is 0.228 e. The first-order valence-corrected chi connectivity index (χ1v) is 9.13. The fourth-order valence-corrected chi connectivity index (χ4v) is 3.48. The van der Waals surface area contributed by atoms with Crippen LogP contribution in [0.1, 0.15) is 34.8 Å². The highest BCUT2D eigenvalue weighted by atomic mass is 35.5. The molecule has 0 heterocycles. The second-order valence-corrected chi connectivity index (χ2v) is 7.41. The lowest BCUT2D eigenvalue weighted by atomic mass is 10.1. The van der Waals surface area contributed by atoms with Gasteiger partial charge in [-0.1, -0.05) is 29.8 Å². The molecule has 2 aromatic carbocycles. The van der Waals surface area contributed by atoms with Gasteiger partial charge in [0, 0.05) is 11.3 Å². The standard InChI is InChI=1S/C21H21ClN2O3/c1-11-7-12(2)19(18(22)8-11)24-21(27)17-10-16(17)20(26)23-15-6-4-5-14(9-15)13(3)25/h4-9,16-17H,10H2,1-3H3,(H,23,26)(H,24,27). The number of hydrogen-bond acceptors (Lipinski definition) is 3. The van der Waals surface area contributed by atoms with Crippen LogP contribution >= 0.6 is 11.6 Å². The second kappa shape index (κ2) is 7.53. The molecule has 2 aromatic rings. The summed E-state index contributed by atoms with van der Waals surface area (Å²) in [5, 5.41) is 6.12. The first kappa shape index (κ1) is 19.1. The summed E-state index contributed by atoms with van der Waals surface area (Å²) in [7, 11) is 0. The molecule has 0 spiro atoms. The first-order chi connectivity index (χ1) is 12.8. The topological polar surface area (TPSA) is 75.3 Å². The average Bonchev–Trinajstić information content (AvgIpc) is 3.39. The number of nitrogens with one attached hydrogen (secondary N) is 2. The van der Waals surface area contributed by atoms with Crippen molar-refractivity contribution in [2.75, 3.05) is 10.6 Å². The number of amides is 2. The summed E-state index contributed by atoms with van der Waals surface area (Å²) in [6.07, 6.45) is 0.493. The van der Waals surface area contributed by atoms with Crippen LogP contribution in [-0.4, -0.2) is 17.6 Å². The monoisotopic (exact) mass is 384 g/mol. The minimum absolute atomic E-state index is 0.0693. The van der Waals surface area contributed by atoms with Gasteiger partial charge in [0.25, 0.3) is 0 Å². The Morgan fingerprint density at radius 3 is 2.30 bits per heavy atom. The largest absolute Gasteiger partial charge is 0.326 e. The third-order valence-corrected chi connectivity index (χ3v) is 4.98. The molecule has 2 amide bonds. The van der Waals surface area contributed by atoms with Crippen LogP contribution in [0.4, 0.5) is 11.4 Å². The summed E-state index contributed by atoms with van der Waals surface area (Å²) in [5.74, 6) is -1.25. The van der Waals surface area contributed by atoms with Gasteiger partial charge >= 0.3 is 0 Å². The molecule has 5 nitrogen and oxygen atoms in total. The van der Waals surface area contributed by atoms with Gasteiger partial charge in [0.2, 0.25) is 11.8 Å². The lowest BCUT2D eigenvalue weighted by molar-refractivity contribution is -0.122. The van der Waals surface area contributed by atoms with Gasteiger partial charge in [-0.25, -0.2) is 0 Å². The SMILES string of the molecule is CC(=O)c1cccc(NC(=O)C2CC2C(=O)Nc2c(C)cc(C)cc2Cl)c1. The molecule has 6 heteroatoms. The van der Waals surface area contributed by atoms with Crippen molar-refractivity contribution >= 4 is 40.6 Å². The number of carbonyl (C=O) groups excluding carboxylic acids is 3. The average molecular weight is 385 g/mol. The Hall–Kier alpha value is -2.66. The molecule has 0 radical (unpaired) electrons. The lowest BCUT2D eigenvalue weighted by Crippen LogP contribution is -2.21. The van der Waals surface area contributed by atoms with Crippen molar-refractivity contribution in [2.45, 2.75) is 27.2 Å². The lowest BCUT2D eigenvalue weighted by Gasteiger charge is -2.11. The van der Waals surface area contributed by atoms with E-state index in [0.717, 1.165) is 11.1 Å². The molecular weight excluding hydrogens is 364 g/mol. The van der Waals surface area contributed by atoms with Crippen LogP contribution < -0.4 is 10.6 Å². The molecule has 2 unspecified atom stereocenters. The molecule has 1 aliphatic rings. The molecule has 0 saturated heterocycles. The molecule has 3 rings (SSSR count). The minimum Gasteiger partial charge on any atom is -0.326 e. The molecule has 0 aliphatic heterocycles. The van der Waals surface area contributed by atoms with Crippen molar-refractivity contribution < 1.29 is 14.4 Å². The van der Waals surface area contributed by atoms with Gasteiger partial charge in [0.05, 0.1) is 22.5 Å². The molecule has 140 valence electrons. The fourth-order valence-electron chi connectivity index (χ4n) is 3.12. The predicted molar refractivity (Wildman–Crippen MR) is 106 cm³/mol. The van der Waals surface area contributed by atoms with E-state index in [4.69, 9.17) is 11.6 Å². The molecule has 27 heavy (non-hydrogen) atoms. The maximum atomic E-state index is 12.5. The quantitative estimate of drug-likeness (QED) is 0.751. The minimum atomic E-state index is -0.379. The number of halogens is 1. The summed E-state index contributed by atoms with van der Waals surface area (Å²) >= 11 is 6.23. The Balaban J connectivity index is 1.62. The molecule has 0 aromatic heterocycles. The number of ketones is 1. The van der Waals surface area contributed by atoms with Crippen molar-refractivity contribution in [1.29, 1.82) is 0 Å². The Morgan fingerprint density at radius 1 is 1.00 bits per heavy atom. The summed E-state index contributed by atoms with van der Waals surface area (Å²) in [6.45, 7) is 5.29. The van der Waals surface area contributed by atoms with E-state index in [2.05, 4.69) is 10.6 Å². The summed E-state index contributed by atoms with van der Waals surface area (Å²) in [5.41, 5.74) is 3.58. The van der Waals surface area contributed by atoms with Crippen LogP contribution in [0.2, 0.25) is 5.02 Å². The van der Waals surface area contributed by atoms with Gasteiger partial charge in [-0.3, -0.25) is 14.4 Å². The van der Waals surface area contributed by atoms with E-state index in [1.165, 1.54) is 6.92 Å². The van der Waals surface area contributed by atoms with Crippen molar-refractivity contribution in [3.63, 3.8) is 0 Å². The molecule has 1 saturated carbocycles. The van der Waals surface area contributed by atoms with E-state index in [1.807, 2.05) is 19.9 Å². The van der Waals surface area contributed by atoms with E-state index >= 15 is 0 Å². The third kappa shape index (κ3) is 4.37. The van der Waals surface area contributed by atoms with Gasteiger partial charge in [0.1, 0.15) is 0 Å². The van der Waals surface area contributed by atoms with Crippen molar-refractivity contribution in [2.24, 2.45) is 11.8 Å². The summed E-state index contributed by atoms with van der Waals surface area (Å²) < 4.78 is 0. The Labute approximate surface area is 163 Å². The Morgan fingerprint density at radius 2 is 1.67 bits per heavy atom. The number of rotatable bonds is 5. The third-order valence-electron chi connectivity index (χ3n) is 4.68. The van der Waals surface area contributed by atoms with Gasteiger partial charge in [-0.05, 0) is 56.5 Å². The van der Waals surface area contributed by atoms with Crippen LogP contribution in [0.3, 0.4) is 0 Å². The maximum absolute atomic E-state index is 12.5. The second-order valence-electron chi connectivity index (χ2n) is 7.00. The number of anilines is 2. The van der Waals surface area contributed by atoms with E-state index in [-0.39, 0.29) is 29.4 Å². The fraction of sp³-hybridized carbons (Fsp3) is 0.286. The van der Waals surface area contributed by atoms with Crippen LogP contribution in [-0.2, 0) is 9.59 Å². The highest BCUT2D eigenvalue weighted by Gasteiger charge is 2.48. The molecule has 2 N–H and O–H groups in total. The Kier molecular flexibility index (Phi) is 5.33. The van der Waals surface area contributed by atoms with Crippen LogP contribution in [0, 0.1) is 25.7 Å². The van der Waals surface area contributed by atoms with E-state index in [9.17, 15) is 14.4 Å². The van der Waals surface area contributed by atoms with Crippen LogP contribution in [0.25, 0.3) is 0 Å². The zero-order valence-corrected chi connectivity index (χ0v) is 16.2. The van der Waals surface area contributed by atoms with Crippen molar-refractivity contribution in [3.8, 4) is 0 Å². The predicted octanol–water partition coefficient (Wildman–Crippen LogP) is 4.37.